The van der Waals surface area contributed by atoms with Crippen molar-refractivity contribution in [1.82, 2.24) is 9.80 Å². The number of carbonyl (C=O) groups is 2. The van der Waals surface area contributed by atoms with E-state index in [2.05, 4.69) is 43.3 Å². The van der Waals surface area contributed by atoms with Crippen LogP contribution in [0.5, 0.6) is 0 Å². The summed E-state index contributed by atoms with van der Waals surface area (Å²) < 4.78 is 0. The molecule has 2 N–H and O–H groups in total. The number of benzene rings is 2. The fourth-order valence-corrected chi connectivity index (χ4v) is 3.79. The van der Waals surface area contributed by atoms with E-state index in [1.165, 1.54) is 5.56 Å². The molecule has 0 aromatic heterocycles. The highest BCUT2D eigenvalue weighted by atomic mass is 16.2. The number of hydrogen-bond donors (Lipinski definition) is 1. The van der Waals surface area contributed by atoms with E-state index in [4.69, 9.17) is 5.73 Å². The Hall–Kier alpha value is -2.66. The van der Waals surface area contributed by atoms with Crippen LogP contribution in [0.4, 0.5) is 0 Å². The minimum Gasteiger partial charge on any atom is -0.341 e. The molecule has 1 atom stereocenters. The van der Waals surface area contributed by atoms with E-state index in [1.54, 1.807) is 4.90 Å². The van der Waals surface area contributed by atoms with E-state index in [0.29, 0.717) is 26.1 Å². The molecular weight excluding hydrogens is 350 g/mol. The molecule has 1 aliphatic heterocycles. The van der Waals surface area contributed by atoms with E-state index in [0.717, 1.165) is 24.1 Å². The minimum absolute atomic E-state index is 0.0134. The van der Waals surface area contributed by atoms with Gasteiger partial charge in [-0.1, -0.05) is 61.5 Å². The van der Waals surface area contributed by atoms with Gasteiger partial charge in [0.15, 0.2) is 0 Å². The summed E-state index contributed by atoms with van der Waals surface area (Å²) in [5, 5.41) is 0. The number of rotatable bonds is 6. The maximum absolute atomic E-state index is 13.0. The number of nitrogens with two attached hydrogens (primary N) is 1. The lowest BCUT2D eigenvalue weighted by atomic mass is 9.95. The number of carbonyl (C=O) groups excluding carboxylic acids is 2. The average molecular weight is 380 g/mol. The summed E-state index contributed by atoms with van der Waals surface area (Å²) in [4.78, 5) is 28.8. The van der Waals surface area contributed by atoms with E-state index in [1.807, 2.05) is 23.1 Å². The first-order valence-corrected chi connectivity index (χ1v) is 10.0. The zero-order valence-electron chi connectivity index (χ0n) is 16.5. The molecule has 1 fully saturated rings. The first-order chi connectivity index (χ1) is 13.6. The molecular formula is C23H29N3O2. The van der Waals surface area contributed by atoms with Gasteiger partial charge in [-0.15, -0.1) is 0 Å². The Morgan fingerprint density at radius 3 is 2.36 bits per heavy atom. The minimum atomic E-state index is -0.230. The average Bonchev–Trinajstić information content (AvgIpc) is 2.89. The monoisotopic (exact) mass is 379 g/mol. The van der Waals surface area contributed by atoms with Crippen LogP contribution in [0.2, 0.25) is 0 Å². The van der Waals surface area contributed by atoms with Crippen molar-refractivity contribution in [3.05, 3.63) is 60.2 Å². The maximum atomic E-state index is 13.0. The molecule has 1 heterocycles. The fourth-order valence-electron chi connectivity index (χ4n) is 3.79. The third kappa shape index (κ3) is 4.78. The summed E-state index contributed by atoms with van der Waals surface area (Å²) in [5.74, 6) is -0.177. The van der Waals surface area contributed by atoms with E-state index < -0.39 is 0 Å². The van der Waals surface area contributed by atoms with Crippen molar-refractivity contribution in [3.63, 3.8) is 0 Å². The highest BCUT2D eigenvalue weighted by Gasteiger charge is 2.31. The Morgan fingerprint density at radius 1 is 1.04 bits per heavy atom. The lowest BCUT2D eigenvalue weighted by molar-refractivity contribution is -0.134. The van der Waals surface area contributed by atoms with E-state index in [9.17, 15) is 9.59 Å². The predicted octanol–water partition coefficient (Wildman–Crippen LogP) is 2.55. The second-order valence-electron chi connectivity index (χ2n) is 7.33. The van der Waals surface area contributed by atoms with Gasteiger partial charge in [0.2, 0.25) is 11.8 Å². The predicted molar refractivity (Wildman–Crippen MR) is 112 cm³/mol. The first-order valence-electron chi connectivity index (χ1n) is 10.0. The standard InChI is InChI=1S/C23H29N3O2/c1-2-12-25-13-14-26(22(27)16-24)17-21(23(25)28)15-18-8-10-20(11-9-18)19-6-4-3-5-7-19/h3-11,21H,2,12-17,24H2,1H3/t21-/m1/s1. The molecule has 0 bridgehead atoms. The Bertz CT molecular complexity index is 789. The van der Waals surface area contributed by atoms with Gasteiger partial charge in [-0.3, -0.25) is 9.59 Å². The number of amides is 2. The van der Waals surface area contributed by atoms with Crippen molar-refractivity contribution in [1.29, 1.82) is 0 Å². The van der Waals surface area contributed by atoms with Gasteiger partial charge in [-0.05, 0) is 29.5 Å². The molecule has 1 aliphatic rings. The van der Waals surface area contributed by atoms with Gasteiger partial charge in [-0.25, -0.2) is 0 Å². The third-order valence-corrected chi connectivity index (χ3v) is 5.31. The van der Waals surface area contributed by atoms with Crippen molar-refractivity contribution < 1.29 is 9.59 Å². The van der Waals surface area contributed by atoms with Gasteiger partial charge >= 0.3 is 0 Å². The van der Waals surface area contributed by atoms with Crippen LogP contribution >= 0.6 is 0 Å². The molecule has 28 heavy (non-hydrogen) atoms. The highest BCUT2D eigenvalue weighted by Crippen LogP contribution is 2.22. The largest absolute Gasteiger partial charge is 0.341 e. The summed E-state index contributed by atoms with van der Waals surface area (Å²) in [6.45, 7) is 4.37. The molecule has 1 saturated heterocycles. The van der Waals surface area contributed by atoms with Crippen molar-refractivity contribution in [2.75, 3.05) is 32.7 Å². The molecule has 5 heteroatoms. The van der Waals surface area contributed by atoms with Gasteiger partial charge in [-0.2, -0.15) is 0 Å². The zero-order valence-corrected chi connectivity index (χ0v) is 16.5. The van der Waals surface area contributed by atoms with Crippen molar-refractivity contribution in [2.24, 2.45) is 11.7 Å². The van der Waals surface area contributed by atoms with Gasteiger partial charge in [0, 0.05) is 26.2 Å². The molecule has 2 aromatic rings. The van der Waals surface area contributed by atoms with Crippen LogP contribution in [0.3, 0.4) is 0 Å². The van der Waals surface area contributed by atoms with Crippen molar-refractivity contribution in [3.8, 4) is 11.1 Å². The molecule has 0 unspecified atom stereocenters. The Balaban J connectivity index is 1.77. The smallest absolute Gasteiger partial charge is 0.236 e. The highest BCUT2D eigenvalue weighted by molar-refractivity contribution is 5.83. The van der Waals surface area contributed by atoms with Crippen LogP contribution in [0.1, 0.15) is 18.9 Å². The summed E-state index contributed by atoms with van der Waals surface area (Å²) in [6.07, 6.45) is 1.54. The fraction of sp³-hybridized carbons (Fsp3) is 0.391. The van der Waals surface area contributed by atoms with Crippen molar-refractivity contribution >= 4 is 11.8 Å². The molecule has 0 radical (unpaired) electrons. The Labute approximate surface area is 167 Å². The number of nitrogens with zero attached hydrogens (tertiary/aromatic N) is 2. The Kier molecular flexibility index (Phi) is 6.82. The van der Waals surface area contributed by atoms with Crippen LogP contribution in [0, 0.1) is 5.92 Å². The summed E-state index contributed by atoms with van der Waals surface area (Å²) in [7, 11) is 0. The Morgan fingerprint density at radius 2 is 1.71 bits per heavy atom. The lowest BCUT2D eigenvalue weighted by Gasteiger charge is -2.23. The first kappa shape index (κ1) is 20.1. The van der Waals surface area contributed by atoms with Gasteiger partial charge in [0.1, 0.15) is 0 Å². The van der Waals surface area contributed by atoms with Crippen LogP contribution < -0.4 is 5.73 Å². The number of hydrogen-bond acceptors (Lipinski definition) is 3. The normalized spacial score (nSPS) is 17.5. The quantitative estimate of drug-likeness (QED) is 0.839. The molecule has 0 aliphatic carbocycles. The second-order valence-corrected chi connectivity index (χ2v) is 7.33. The lowest BCUT2D eigenvalue weighted by Crippen LogP contribution is -2.40. The van der Waals surface area contributed by atoms with Gasteiger partial charge in [0.05, 0.1) is 12.5 Å². The van der Waals surface area contributed by atoms with Crippen molar-refractivity contribution in [2.45, 2.75) is 19.8 Å². The van der Waals surface area contributed by atoms with E-state index in [-0.39, 0.29) is 24.3 Å². The molecule has 148 valence electrons. The summed E-state index contributed by atoms with van der Waals surface area (Å²) in [6, 6.07) is 18.6. The molecule has 0 spiro atoms. The third-order valence-electron chi connectivity index (χ3n) is 5.31. The molecule has 0 saturated carbocycles. The molecule has 3 rings (SSSR count). The molecule has 2 aromatic carbocycles. The van der Waals surface area contributed by atoms with Crippen LogP contribution in [0.25, 0.3) is 11.1 Å². The van der Waals surface area contributed by atoms with E-state index >= 15 is 0 Å². The second kappa shape index (κ2) is 9.51. The molecule has 5 nitrogen and oxygen atoms in total. The summed E-state index contributed by atoms with van der Waals surface area (Å²) >= 11 is 0. The molecule has 2 amide bonds. The topological polar surface area (TPSA) is 66.6 Å². The van der Waals surface area contributed by atoms with Crippen LogP contribution in [-0.4, -0.2) is 54.3 Å². The maximum Gasteiger partial charge on any atom is 0.236 e. The summed E-state index contributed by atoms with van der Waals surface area (Å²) in [5.41, 5.74) is 9.00. The zero-order chi connectivity index (χ0) is 19.9. The van der Waals surface area contributed by atoms with Gasteiger partial charge < -0.3 is 15.5 Å². The van der Waals surface area contributed by atoms with Gasteiger partial charge in [0.25, 0.3) is 0 Å². The SMILES string of the molecule is CCCN1CCN(C(=O)CN)C[C@@H](Cc2ccc(-c3ccccc3)cc2)C1=O. The van der Waals surface area contributed by atoms with Crippen LogP contribution in [-0.2, 0) is 16.0 Å². The van der Waals surface area contributed by atoms with Crippen LogP contribution in [0.15, 0.2) is 54.6 Å².